The van der Waals surface area contributed by atoms with Crippen molar-refractivity contribution in [2.45, 2.75) is 0 Å². The first-order valence-electron chi connectivity index (χ1n) is 9.34. The Balaban J connectivity index is 1.82. The fourth-order valence-corrected chi connectivity index (χ4v) is 6.06. The lowest BCUT2D eigenvalue weighted by molar-refractivity contribution is 1.79. The van der Waals surface area contributed by atoms with Gasteiger partial charge in [0.15, 0.2) is 0 Å². The molecule has 0 aliphatic carbocycles. The van der Waals surface area contributed by atoms with Gasteiger partial charge < -0.3 is 0 Å². The van der Waals surface area contributed by atoms with Crippen LogP contribution in [0.4, 0.5) is 0 Å². The van der Waals surface area contributed by atoms with E-state index in [9.17, 15) is 0 Å². The number of fused-ring (bicyclic) bond motifs is 6. The molecule has 0 aliphatic rings. The molecule has 0 fully saturated rings. The first-order chi connectivity index (χ1) is 13.7. The molecular formula is C26H12Br2. The number of hydrogen-bond acceptors (Lipinski definition) is 0. The second-order valence-electron chi connectivity index (χ2n) is 7.59. The van der Waals surface area contributed by atoms with Crippen LogP contribution in [0.2, 0.25) is 0 Å². The molecule has 0 amide bonds. The number of hydrogen-bond donors (Lipinski definition) is 0. The van der Waals surface area contributed by atoms with E-state index < -0.39 is 0 Å². The van der Waals surface area contributed by atoms with Crippen LogP contribution in [0.15, 0.2) is 81.7 Å². The van der Waals surface area contributed by atoms with Crippen molar-refractivity contribution in [3.8, 4) is 0 Å². The van der Waals surface area contributed by atoms with Crippen LogP contribution in [-0.4, -0.2) is 0 Å². The summed E-state index contributed by atoms with van der Waals surface area (Å²) in [6, 6.07) is 27.0. The van der Waals surface area contributed by atoms with Gasteiger partial charge in [0.1, 0.15) is 0 Å². The highest BCUT2D eigenvalue weighted by Gasteiger charge is 2.18. The van der Waals surface area contributed by atoms with Crippen molar-refractivity contribution in [2.75, 3.05) is 0 Å². The Kier molecular flexibility index (Phi) is 2.84. The van der Waals surface area contributed by atoms with Crippen LogP contribution in [0.25, 0.3) is 64.6 Å². The maximum Gasteiger partial charge on any atom is 0.0254 e. The van der Waals surface area contributed by atoms with E-state index in [1.807, 2.05) is 0 Å². The largest absolute Gasteiger partial charge is 0.0610 e. The molecule has 0 saturated carbocycles. The molecule has 0 saturated heterocycles. The molecule has 2 heteroatoms. The van der Waals surface area contributed by atoms with Crippen molar-refractivity contribution in [1.82, 2.24) is 0 Å². The number of rotatable bonds is 0. The molecule has 28 heavy (non-hydrogen) atoms. The van der Waals surface area contributed by atoms with Gasteiger partial charge in [0, 0.05) is 8.95 Å². The molecule has 0 spiro atoms. The summed E-state index contributed by atoms with van der Waals surface area (Å²) in [5.74, 6) is 0. The van der Waals surface area contributed by atoms with Crippen molar-refractivity contribution < 1.29 is 0 Å². The standard InChI is InChI=1S/C26H12Br2/c27-23-9-7-15-21-12-22-16-8-10-24(28)18-6-2-4-14(26(16)18)20(22)11-19(21)13-3-1-5-17(23)25(13)15/h1-12H. The van der Waals surface area contributed by atoms with Crippen molar-refractivity contribution in [2.24, 2.45) is 0 Å². The van der Waals surface area contributed by atoms with Gasteiger partial charge in [0.25, 0.3) is 0 Å². The molecule has 0 aliphatic heterocycles. The molecule has 0 N–H and O–H groups in total. The zero-order valence-electron chi connectivity index (χ0n) is 14.7. The zero-order valence-corrected chi connectivity index (χ0v) is 17.9. The molecule has 7 aromatic carbocycles. The zero-order chi connectivity index (χ0) is 18.6. The van der Waals surface area contributed by atoms with Crippen molar-refractivity contribution in [1.29, 1.82) is 0 Å². The molecule has 0 heterocycles. The van der Waals surface area contributed by atoms with Gasteiger partial charge >= 0.3 is 0 Å². The van der Waals surface area contributed by atoms with Crippen LogP contribution >= 0.6 is 31.9 Å². The van der Waals surface area contributed by atoms with Gasteiger partial charge in [-0.25, -0.2) is 0 Å². The fourth-order valence-electron chi connectivity index (χ4n) is 5.13. The molecule has 0 bridgehead atoms. The van der Waals surface area contributed by atoms with E-state index in [4.69, 9.17) is 0 Å². The van der Waals surface area contributed by atoms with Crippen LogP contribution < -0.4 is 0 Å². The average Bonchev–Trinajstić information content (AvgIpc) is 3.21. The molecule has 0 unspecified atom stereocenters. The Bertz CT molecular complexity index is 1550. The van der Waals surface area contributed by atoms with Gasteiger partial charge in [-0.1, -0.05) is 80.4 Å². The van der Waals surface area contributed by atoms with Gasteiger partial charge in [-0.15, -0.1) is 0 Å². The molecule has 7 rings (SSSR count). The Hall–Kier alpha value is -2.42. The molecular weight excluding hydrogens is 472 g/mol. The van der Waals surface area contributed by atoms with Crippen molar-refractivity contribution >= 4 is 96.5 Å². The average molecular weight is 484 g/mol. The van der Waals surface area contributed by atoms with E-state index in [2.05, 4.69) is 105 Å². The third-order valence-corrected chi connectivity index (χ3v) is 7.68. The van der Waals surface area contributed by atoms with Gasteiger partial charge in [-0.3, -0.25) is 0 Å². The highest BCUT2D eigenvalue weighted by molar-refractivity contribution is 9.11. The lowest BCUT2D eigenvalue weighted by Gasteiger charge is -2.01. The lowest BCUT2D eigenvalue weighted by atomic mass is 10.1. The van der Waals surface area contributed by atoms with Crippen LogP contribution in [0, 0.1) is 0 Å². The first kappa shape index (κ1) is 15.5. The van der Waals surface area contributed by atoms with E-state index in [-0.39, 0.29) is 0 Å². The summed E-state index contributed by atoms with van der Waals surface area (Å²) in [5.41, 5.74) is 0. The van der Waals surface area contributed by atoms with Crippen LogP contribution in [0.1, 0.15) is 0 Å². The van der Waals surface area contributed by atoms with Crippen LogP contribution in [-0.2, 0) is 0 Å². The lowest BCUT2D eigenvalue weighted by Crippen LogP contribution is -1.74. The molecule has 0 aromatic heterocycles. The minimum absolute atomic E-state index is 1.16. The summed E-state index contributed by atoms with van der Waals surface area (Å²) in [7, 11) is 0. The predicted molar refractivity (Wildman–Crippen MR) is 129 cm³/mol. The smallest absolute Gasteiger partial charge is 0.0254 e. The molecule has 0 atom stereocenters. The maximum absolute atomic E-state index is 3.73. The summed E-state index contributed by atoms with van der Waals surface area (Å²) in [6.45, 7) is 0. The van der Waals surface area contributed by atoms with Gasteiger partial charge in [0.2, 0.25) is 0 Å². The summed E-state index contributed by atoms with van der Waals surface area (Å²) >= 11 is 7.47. The predicted octanol–water partition coefficient (Wildman–Crippen LogP) is 9.01. The minimum atomic E-state index is 1.16. The summed E-state index contributed by atoms with van der Waals surface area (Å²) in [5, 5.41) is 16.1. The minimum Gasteiger partial charge on any atom is -0.0610 e. The Morgan fingerprint density at radius 1 is 0.357 bits per heavy atom. The maximum atomic E-state index is 3.73. The van der Waals surface area contributed by atoms with Crippen LogP contribution in [0.5, 0.6) is 0 Å². The Morgan fingerprint density at radius 2 is 0.714 bits per heavy atom. The van der Waals surface area contributed by atoms with Gasteiger partial charge in [-0.05, 0) is 88.9 Å². The fraction of sp³-hybridized carbons (Fsp3) is 0. The highest BCUT2D eigenvalue weighted by atomic mass is 79.9. The normalized spacial score (nSPS) is 12.6. The summed E-state index contributed by atoms with van der Waals surface area (Å²) < 4.78 is 2.32. The van der Waals surface area contributed by atoms with E-state index in [0.29, 0.717) is 0 Å². The van der Waals surface area contributed by atoms with E-state index in [0.717, 1.165) is 8.95 Å². The quantitative estimate of drug-likeness (QED) is 0.202. The van der Waals surface area contributed by atoms with Gasteiger partial charge in [-0.2, -0.15) is 0 Å². The highest BCUT2D eigenvalue weighted by Crippen LogP contribution is 2.46. The Morgan fingerprint density at radius 3 is 1.14 bits per heavy atom. The Labute approximate surface area is 177 Å². The van der Waals surface area contributed by atoms with Crippen molar-refractivity contribution in [3.05, 3.63) is 81.7 Å². The van der Waals surface area contributed by atoms with Gasteiger partial charge in [0.05, 0.1) is 0 Å². The second kappa shape index (κ2) is 5.14. The summed E-state index contributed by atoms with van der Waals surface area (Å²) in [4.78, 5) is 0. The first-order valence-corrected chi connectivity index (χ1v) is 10.9. The SMILES string of the molecule is Brc1ccc2c3cc4c(cc3c3cccc1c32)c1cccc2c(Br)ccc4c21. The van der Waals surface area contributed by atoms with Crippen molar-refractivity contribution in [3.63, 3.8) is 0 Å². The number of halogens is 2. The monoisotopic (exact) mass is 482 g/mol. The van der Waals surface area contributed by atoms with E-state index in [1.165, 1.54) is 64.6 Å². The summed E-state index contributed by atoms with van der Waals surface area (Å²) in [6.07, 6.45) is 0. The second-order valence-corrected chi connectivity index (χ2v) is 9.30. The number of benzene rings is 5. The third kappa shape index (κ3) is 1.72. The third-order valence-electron chi connectivity index (χ3n) is 6.29. The molecule has 7 aromatic rings. The van der Waals surface area contributed by atoms with E-state index >= 15 is 0 Å². The topological polar surface area (TPSA) is 0 Å². The molecule has 130 valence electrons. The molecule has 0 nitrogen and oxygen atoms in total. The van der Waals surface area contributed by atoms with E-state index in [1.54, 1.807) is 0 Å². The molecule has 0 radical (unpaired) electrons. The van der Waals surface area contributed by atoms with Crippen LogP contribution in [0.3, 0.4) is 0 Å².